The molecule has 0 bridgehead atoms. The maximum atomic E-state index is 12.6. The average molecular weight is 399 g/mol. The summed E-state index contributed by atoms with van der Waals surface area (Å²) in [5.41, 5.74) is 1.14. The summed E-state index contributed by atoms with van der Waals surface area (Å²) >= 11 is 0. The monoisotopic (exact) mass is 399 g/mol. The zero-order valence-corrected chi connectivity index (χ0v) is 15.6. The first-order valence-electron chi connectivity index (χ1n) is 7.27. The van der Waals surface area contributed by atoms with Gasteiger partial charge in [-0.05, 0) is 42.7 Å². The first kappa shape index (κ1) is 19.8. The average Bonchev–Trinajstić information content (AvgIpc) is 2.49. The molecule has 0 saturated carbocycles. The lowest BCUT2D eigenvalue weighted by Gasteiger charge is -2.12. The highest BCUT2D eigenvalue weighted by molar-refractivity contribution is 7.92. The number of hydrogen-bond acceptors (Lipinski definition) is 6. The van der Waals surface area contributed by atoms with E-state index in [1.54, 1.807) is 13.8 Å². The molecule has 0 amide bonds. The number of hydrogen-bond donors (Lipinski definition) is 2. The van der Waals surface area contributed by atoms with Crippen molar-refractivity contribution in [3.05, 3.63) is 63.2 Å². The first-order valence-corrected chi connectivity index (χ1v) is 10.5. The number of nitrogens with one attached hydrogen (secondary N) is 1. The largest absolute Gasteiger partial charge is 0.280 e. The number of rotatable bonds is 6. The van der Waals surface area contributed by atoms with Crippen LogP contribution >= 0.6 is 0 Å². The van der Waals surface area contributed by atoms with Gasteiger partial charge in [0.2, 0.25) is 10.0 Å². The molecule has 140 valence electrons. The van der Waals surface area contributed by atoms with Gasteiger partial charge in [-0.1, -0.05) is 12.1 Å². The van der Waals surface area contributed by atoms with Gasteiger partial charge < -0.3 is 0 Å². The molecule has 0 aliphatic heterocycles. The van der Waals surface area contributed by atoms with Crippen LogP contribution in [0.15, 0.2) is 41.3 Å². The molecule has 0 spiro atoms. The van der Waals surface area contributed by atoms with Crippen molar-refractivity contribution < 1.29 is 21.8 Å². The molecule has 26 heavy (non-hydrogen) atoms. The zero-order chi connectivity index (χ0) is 19.7. The Morgan fingerprint density at radius 2 is 1.65 bits per heavy atom. The van der Waals surface area contributed by atoms with E-state index < -0.39 is 25.0 Å². The van der Waals surface area contributed by atoms with Crippen LogP contribution in [0.1, 0.15) is 16.7 Å². The van der Waals surface area contributed by atoms with Crippen molar-refractivity contribution in [1.82, 2.24) is 0 Å². The summed E-state index contributed by atoms with van der Waals surface area (Å²) in [5, 5.41) is 15.9. The fourth-order valence-corrected chi connectivity index (χ4v) is 4.36. The summed E-state index contributed by atoms with van der Waals surface area (Å²) in [6.45, 7) is 3.15. The molecule has 11 heteroatoms. The molecule has 0 heterocycles. The minimum Gasteiger partial charge on any atom is -0.280 e. The minimum absolute atomic E-state index is 0.187. The Morgan fingerprint density at radius 1 is 1.08 bits per heavy atom. The number of primary sulfonamides is 1. The van der Waals surface area contributed by atoms with E-state index in [1.165, 1.54) is 30.3 Å². The van der Waals surface area contributed by atoms with Gasteiger partial charge in [0.15, 0.2) is 0 Å². The minimum atomic E-state index is -4.07. The summed E-state index contributed by atoms with van der Waals surface area (Å²) in [4.78, 5) is 10.1. The Hall–Kier alpha value is -2.50. The van der Waals surface area contributed by atoms with Crippen LogP contribution in [0, 0.1) is 24.0 Å². The Balaban J connectivity index is 2.36. The van der Waals surface area contributed by atoms with E-state index in [9.17, 15) is 26.9 Å². The highest BCUT2D eigenvalue weighted by atomic mass is 32.2. The molecular formula is C15H17N3O6S2. The maximum Gasteiger partial charge on any atom is 0.271 e. The second-order valence-electron chi connectivity index (χ2n) is 5.75. The van der Waals surface area contributed by atoms with Gasteiger partial charge in [-0.15, -0.1) is 0 Å². The van der Waals surface area contributed by atoms with Gasteiger partial charge >= 0.3 is 0 Å². The van der Waals surface area contributed by atoms with Crippen molar-refractivity contribution in [2.24, 2.45) is 5.14 Å². The smallest absolute Gasteiger partial charge is 0.271 e. The van der Waals surface area contributed by atoms with Crippen LogP contribution in [0.4, 0.5) is 11.4 Å². The number of nitro benzene ring substituents is 1. The molecule has 0 saturated heterocycles. The molecule has 9 nitrogen and oxygen atoms in total. The number of sulfonamides is 2. The van der Waals surface area contributed by atoms with Crippen molar-refractivity contribution in [3.63, 3.8) is 0 Å². The first-order chi connectivity index (χ1) is 11.9. The van der Waals surface area contributed by atoms with Crippen LogP contribution in [0.3, 0.4) is 0 Å². The summed E-state index contributed by atoms with van der Waals surface area (Å²) in [6.07, 6.45) is 0. The Kier molecular flexibility index (Phi) is 5.35. The molecule has 0 aliphatic carbocycles. The van der Waals surface area contributed by atoms with Gasteiger partial charge in [0.1, 0.15) is 0 Å². The van der Waals surface area contributed by atoms with E-state index in [0.717, 1.165) is 6.07 Å². The molecule has 0 radical (unpaired) electrons. The number of anilines is 1. The zero-order valence-electron chi connectivity index (χ0n) is 14.0. The lowest BCUT2D eigenvalue weighted by atomic mass is 10.1. The molecule has 0 aliphatic rings. The summed E-state index contributed by atoms with van der Waals surface area (Å²) in [6, 6.07) is 7.92. The summed E-state index contributed by atoms with van der Waals surface area (Å²) in [7, 11) is -7.76. The third kappa shape index (κ3) is 4.77. The fraction of sp³-hybridized carbons (Fsp3) is 0.200. The van der Waals surface area contributed by atoms with E-state index in [-0.39, 0.29) is 22.0 Å². The SMILES string of the molecule is Cc1cc([N+](=O)[O-])cc(S(=O)(=O)Nc2ccc(CS(N)(=O)=O)cc2)c1C. The fourth-order valence-electron chi connectivity index (χ4n) is 2.30. The molecule has 0 fully saturated rings. The number of nitro groups is 1. The molecule has 0 unspecified atom stereocenters. The number of non-ortho nitro benzene ring substituents is 1. The molecule has 2 aromatic rings. The van der Waals surface area contributed by atoms with Gasteiger partial charge in [-0.25, -0.2) is 22.0 Å². The van der Waals surface area contributed by atoms with E-state index >= 15 is 0 Å². The second kappa shape index (κ2) is 7.02. The number of nitrogens with two attached hydrogens (primary N) is 1. The van der Waals surface area contributed by atoms with Crippen molar-refractivity contribution in [3.8, 4) is 0 Å². The van der Waals surface area contributed by atoms with Gasteiger partial charge in [-0.3, -0.25) is 14.8 Å². The van der Waals surface area contributed by atoms with Gasteiger partial charge in [0.05, 0.1) is 15.6 Å². The van der Waals surface area contributed by atoms with Crippen molar-refractivity contribution in [2.45, 2.75) is 24.5 Å². The van der Waals surface area contributed by atoms with Crippen LogP contribution in [-0.2, 0) is 25.8 Å². The van der Waals surface area contributed by atoms with Gasteiger partial charge in [0, 0.05) is 17.8 Å². The van der Waals surface area contributed by atoms with Crippen LogP contribution in [0.5, 0.6) is 0 Å². The van der Waals surface area contributed by atoms with Crippen molar-refractivity contribution in [1.29, 1.82) is 0 Å². The molecule has 0 aromatic heterocycles. The quantitative estimate of drug-likeness (QED) is 0.558. The van der Waals surface area contributed by atoms with Crippen molar-refractivity contribution in [2.75, 3.05) is 4.72 Å². The Labute approximate surface area is 151 Å². The molecule has 0 atom stereocenters. The molecular weight excluding hydrogens is 382 g/mol. The molecule has 2 rings (SSSR count). The van der Waals surface area contributed by atoms with Crippen LogP contribution in [0.2, 0.25) is 0 Å². The number of aryl methyl sites for hydroxylation is 1. The highest BCUT2D eigenvalue weighted by Crippen LogP contribution is 2.27. The molecule has 2 aromatic carbocycles. The third-order valence-corrected chi connectivity index (χ3v) is 5.92. The molecule has 3 N–H and O–H groups in total. The normalized spacial score (nSPS) is 12.0. The number of nitrogens with zero attached hydrogens (tertiary/aromatic N) is 1. The van der Waals surface area contributed by atoms with E-state index in [1.807, 2.05) is 0 Å². The van der Waals surface area contributed by atoms with E-state index in [2.05, 4.69) is 4.72 Å². The summed E-state index contributed by atoms with van der Waals surface area (Å²) in [5.74, 6) is -0.372. The standard InChI is InChI=1S/C15H17N3O6S2/c1-10-7-14(18(19)20)8-15(11(10)2)26(23,24)17-13-5-3-12(4-6-13)9-25(16,21)22/h3-8,17H,9H2,1-2H3,(H2,16,21,22). The van der Waals surface area contributed by atoms with E-state index in [0.29, 0.717) is 16.7 Å². The third-order valence-electron chi connectivity index (χ3n) is 3.68. The topological polar surface area (TPSA) is 149 Å². The van der Waals surface area contributed by atoms with Crippen molar-refractivity contribution >= 4 is 31.4 Å². The van der Waals surface area contributed by atoms with Crippen LogP contribution < -0.4 is 9.86 Å². The lowest BCUT2D eigenvalue weighted by molar-refractivity contribution is -0.385. The van der Waals surface area contributed by atoms with Gasteiger partial charge in [0.25, 0.3) is 15.7 Å². The van der Waals surface area contributed by atoms with Crippen LogP contribution in [0.25, 0.3) is 0 Å². The summed E-state index contributed by atoms with van der Waals surface area (Å²) < 4.78 is 49.7. The number of benzene rings is 2. The van der Waals surface area contributed by atoms with Gasteiger partial charge in [-0.2, -0.15) is 0 Å². The lowest BCUT2D eigenvalue weighted by Crippen LogP contribution is -2.16. The Bertz CT molecular complexity index is 1060. The van der Waals surface area contributed by atoms with E-state index in [4.69, 9.17) is 5.14 Å². The predicted molar refractivity (Wildman–Crippen MR) is 96.6 cm³/mol. The Morgan fingerprint density at radius 3 is 2.15 bits per heavy atom. The predicted octanol–water partition coefficient (Wildman–Crippen LogP) is 1.80. The maximum absolute atomic E-state index is 12.6. The highest BCUT2D eigenvalue weighted by Gasteiger charge is 2.22. The van der Waals surface area contributed by atoms with Crippen LogP contribution in [-0.4, -0.2) is 21.8 Å². The second-order valence-corrected chi connectivity index (χ2v) is 9.02.